The van der Waals surface area contributed by atoms with Gasteiger partial charge in [0.2, 0.25) is 0 Å². The van der Waals surface area contributed by atoms with Crippen molar-refractivity contribution in [1.82, 2.24) is 5.16 Å². The fourth-order valence-electron chi connectivity index (χ4n) is 4.67. The molecule has 0 fully saturated rings. The number of aryl methyl sites for hydroxylation is 1. The number of benzene rings is 2. The zero-order valence-corrected chi connectivity index (χ0v) is 23.6. The van der Waals surface area contributed by atoms with E-state index in [1.54, 1.807) is 13.8 Å². The van der Waals surface area contributed by atoms with Crippen LogP contribution >= 0.6 is 0 Å². The molecular formula is C30H40N2O4S. The van der Waals surface area contributed by atoms with Gasteiger partial charge in [0.05, 0.1) is 11.5 Å². The number of nitrogens with zero attached hydrogens (tertiary/aromatic N) is 1. The van der Waals surface area contributed by atoms with Crippen LogP contribution in [0.5, 0.6) is 0 Å². The summed E-state index contributed by atoms with van der Waals surface area (Å²) in [5.41, 5.74) is 4.75. The second-order valence-electron chi connectivity index (χ2n) is 9.46. The van der Waals surface area contributed by atoms with E-state index in [1.807, 2.05) is 50.3 Å². The third-order valence-corrected chi connectivity index (χ3v) is 8.45. The van der Waals surface area contributed by atoms with Gasteiger partial charge in [-0.1, -0.05) is 80.2 Å². The lowest BCUT2D eigenvalue weighted by Gasteiger charge is -2.22. The third kappa shape index (κ3) is 6.70. The van der Waals surface area contributed by atoms with Crippen LogP contribution in [0.25, 0.3) is 11.1 Å². The lowest BCUT2D eigenvalue weighted by Crippen LogP contribution is -2.18. The lowest BCUT2D eigenvalue weighted by atomic mass is 9.87. The standard InChI is InChI=1S/C30H40N2O4S/c1-7-10-11-12-15-24(8-2)26-18-19-28(27-17-14-13-16-25(27)20-35-9-3)29(22(26)5)37(33,34)32-30-21(4)23(6)36-31-30/h8,13-14,16-19,24H,2,7,9-12,15,20H2,1,3-6H3,(H,31,32). The van der Waals surface area contributed by atoms with E-state index in [2.05, 4.69) is 29.4 Å². The third-order valence-electron chi connectivity index (χ3n) is 6.93. The van der Waals surface area contributed by atoms with Crippen LogP contribution in [0.1, 0.15) is 79.9 Å². The normalized spacial score (nSPS) is 12.5. The maximum Gasteiger partial charge on any atom is 0.264 e. The number of hydrogen-bond donors (Lipinski definition) is 1. The Kier molecular flexibility index (Phi) is 10.1. The first-order chi connectivity index (χ1) is 17.7. The molecule has 200 valence electrons. The van der Waals surface area contributed by atoms with Crippen LogP contribution < -0.4 is 4.72 Å². The van der Waals surface area contributed by atoms with E-state index in [4.69, 9.17) is 9.26 Å². The number of ether oxygens (including phenoxy) is 1. The predicted octanol–water partition coefficient (Wildman–Crippen LogP) is 7.84. The van der Waals surface area contributed by atoms with Crippen molar-refractivity contribution in [3.63, 3.8) is 0 Å². The van der Waals surface area contributed by atoms with E-state index < -0.39 is 10.0 Å². The first-order valence-corrected chi connectivity index (χ1v) is 14.6. The molecule has 1 N–H and O–H groups in total. The summed E-state index contributed by atoms with van der Waals surface area (Å²) in [7, 11) is -4.01. The molecule has 0 spiro atoms. The van der Waals surface area contributed by atoms with Gasteiger partial charge in [0, 0.05) is 23.7 Å². The van der Waals surface area contributed by atoms with Crippen molar-refractivity contribution in [3.8, 4) is 11.1 Å². The molecule has 0 bridgehead atoms. The zero-order chi connectivity index (χ0) is 27.0. The van der Waals surface area contributed by atoms with E-state index in [-0.39, 0.29) is 16.6 Å². The summed E-state index contributed by atoms with van der Waals surface area (Å²) in [5.74, 6) is 0.842. The maximum absolute atomic E-state index is 14.0. The second-order valence-corrected chi connectivity index (χ2v) is 11.1. The average Bonchev–Trinajstić information content (AvgIpc) is 3.19. The molecule has 0 aliphatic carbocycles. The molecule has 1 heterocycles. The average molecular weight is 525 g/mol. The zero-order valence-electron chi connectivity index (χ0n) is 22.8. The Bertz CT molecular complexity index is 1310. The number of aromatic nitrogens is 1. The van der Waals surface area contributed by atoms with Gasteiger partial charge in [0.25, 0.3) is 10.0 Å². The smallest absolute Gasteiger partial charge is 0.264 e. The van der Waals surface area contributed by atoms with Gasteiger partial charge in [-0.05, 0) is 56.4 Å². The van der Waals surface area contributed by atoms with Crippen molar-refractivity contribution >= 4 is 15.8 Å². The van der Waals surface area contributed by atoms with Gasteiger partial charge in [-0.3, -0.25) is 4.72 Å². The molecule has 0 saturated carbocycles. The molecule has 1 aromatic heterocycles. The molecule has 1 unspecified atom stereocenters. The van der Waals surface area contributed by atoms with E-state index in [0.29, 0.717) is 30.1 Å². The van der Waals surface area contributed by atoms with Gasteiger partial charge in [-0.2, -0.15) is 0 Å². The summed E-state index contributed by atoms with van der Waals surface area (Å²) in [6.45, 7) is 14.6. The molecule has 0 aliphatic rings. The summed E-state index contributed by atoms with van der Waals surface area (Å²) in [6.07, 6.45) is 7.45. The first kappa shape index (κ1) is 28.7. The van der Waals surface area contributed by atoms with Gasteiger partial charge < -0.3 is 9.26 Å². The predicted molar refractivity (Wildman–Crippen MR) is 150 cm³/mol. The van der Waals surface area contributed by atoms with Crippen molar-refractivity contribution in [2.75, 3.05) is 11.3 Å². The number of allylic oxidation sites excluding steroid dienone is 1. The molecule has 37 heavy (non-hydrogen) atoms. The largest absolute Gasteiger partial charge is 0.377 e. The van der Waals surface area contributed by atoms with Gasteiger partial charge in [0.1, 0.15) is 5.76 Å². The van der Waals surface area contributed by atoms with Crippen LogP contribution in [-0.4, -0.2) is 20.2 Å². The van der Waals surface area contributed by atoms with Crippen molar-refractivity contribution < 1.29 is 17.7 Å². The molecule has 3 rings (SSSR count). The first-order valence-electron chi connectivity index (χ1n) is 13.1. The van der Waals surface area contributed by atoms with Crippen molar-refractivity contribution in [3.05, 3.63) is 77.1 Å². The SMILES string of the molecule is C=CC(CCCCCC)c1ccc(-c2ccccc2COCC)c(S(=O)(=O)Nc2noc(C)c2C)c1C. The molecule has 3 aromatic rings. The van der Waals surface area contributed by atoms with Crippen molar-refractivity contribution in [2.24, 2.45) is 0 Å². The van der Waals surface area contributed by atoms with E-state index >= 15 is 0 Å². The summed E-state index contributed by atoms with van der Waals surface area (Å²) < 4.78 is 41.6. The number of sulfonamides is 1. The number of hydrogen-bond acceptors (Lipinski definition) is 5. The Morgan fingerprint density at radius 1 is 1.03 bits per heavy atom. The molecule has 1 atom stereocenters. The van der Waals surface area contributed by atoms with Crippen LogP contribution in [0.4, 0.5) is 5.82 Å². The minimum Gasteiger partial charge on any atom is -0.377 e. The molecule has 0 aliphatic heterocycles. The van der Waals surface area contributed by atoms with E-state index in [1.165, 1.54) is 12.8 Å². The van der Waals surface area contributed by atoms with Crippen LogP contribution in [0.2, 0.25) is 0 Å². The summed E-state index contributed by atoms with van der Waals surface area (Å²) in [5, 5.41) is 3.95. The highest BCUT2D eigenvalue weighted by atomic mass is 32.2. The lowest BCUT2D eigenvalue weighted by molar-refractivity contribution is 0.134. The molecule has 0 radical (unpaired) electrons. The van der Waals surface area contributed by atoms with Gasteiger partial charge >= 0.3 is 0 Å². The van der Waals surface area contributed by atoms with Crippen LogP contribution in [-0.2, 0) is 21.4 Å². The maximum atomic E-state index is 14.0. The highest BCUT2D eigenvalue weighted by Gasteiger charge is 2.28. The minimum atomic E-state index is -4.01. The number of nitrogens with one attached hydrogen (secondary N) is 1. The van der Waals surface area contributed by atoms with E-state index in [9.17, 15) is 8.42 Å². The fraction of sp³-hybridized carbons (Fsp3) is 0.433. The number of unbranched alkanes of at least 4 members (excludes halogenated alkanes) is 3. The Morgan fingerprint density at radius 2 is 1.78 bits per heavy atom. The molecular weight excluding hydrogens is 484 g/mol. The van der Waals surface area contributed by atoms with Gasteiger partial charge in [-0.25, -0.2) is 8.42 Å². The summed E-state index contributed by atoms with van der Waals surface area (Å²) in [4.78, 5) is 0.245. The van der Waals surface area contributed by atoms with Crippen LogP contribution in [0, 0.1) is 20.8 Å². The number of rotatable bonds is 14. The Morgan fingerprint density at radius 3 is 2.43 bits per heavy atom. The van der Waals surface area contributed by atoms with Crippen LogP contribution in [0.3, 0.4) is 0 Å². The summed E-state index contributed by atoms with van der Waals surface area (Å²) >= 11 is 0. The molecule has 7 heteroatoms. The molecule has 2 aromatic carbocycles. The molecule has 0 saturated heterocycles. The number of anilines is 1. The Balaban J connectivity index is 2.17. The molecule has 0 amide bonds. The quantitative estimate of drug-likeness (QED) is 0.172. The minimum absolute atomic E-state index is 0.0644. The van der Waals surface area contributed by atoms with Crippen LogP contribution in [0.15, 0.2) is 58.5 Å². The highest BCUT2D eigenvalue weighted by molar-refractivity contribution is 7.93. The highest BCUT2D eigenvalue weighted by Crippen LogP contribution is 2.39. The van der Waals surface area contributed by atoms with Crippen molar-refractivity contribution in [2.45, 2.75) is 84.1 Å². The Hall–Kier alpha value is -2.90. The van der Waals surface area contributed by atoms with Gasteiger partial charge in [-0.15, -0.1) is 6.58 Å². The summed E-state index contributed by atoms with van der Waals surface area (Å²) in [6, 6.07) is 11.8. The fourth-order valence-corrected chi connectivity index (χ4v) is 6.21. The molecule has 6 nitrogen and oxygen atoms in total. The van der Waals surface area contributed by atoms with E-state index in [0.717, 1.165) is 41.5 Å². The topological polar surface area (TPSA) is 81.4 Å². The monoisotopic (exact) mass is 524 g/mol. The van der Waals surface area contributed by atoms with Gasteiger partial charge in [0.15, 0.2) is 5.82 Å². The second kappa shape index (κ2) is 13.1. The Labute approximate surface area is 222 Å². The van der Waals surface area contributed by atoms with Crippen molar-refractivity contribution in [1.29, 1.82) is 0 Å².